The molecule has 0 spiro atoms. The number of aromatic nitrogens is 2. The first-order valence-corrected chi connectivity index (χ1v) is 10.3. The number of carbonyl (C=O) groups excluding carboxylic acids is 1. The summed E-state index contributed by atoms with van der Waals surface area (Å²) in [6.07, 6.45) is 8.83. The van der Waals surface area contributed by atoms with Gasteiger partial charge < -0.3 is 15.5 Å². The van der Waals surface area contributed by atoms with Crippen LogP contribution in [-0.4, -0.2) is 52.9 Å². The number of aryl methyl sites for hydroxylation is 1. The Morgan fingerprint density at radius 3 is 2.79 bits per heavy atom. The lowest BCUT2D eigenvalue weighted by Crippen LogP contribution is -2.43. The van der Waals surface area contributed by atoms with Gasteiger partial charge in [-0.2, -0.15) is 0 Å². The van der Waals surface area contributed by atoms with E-state index in [1.54, 1.807) is 16.7 Å². The summed E-state index contributed by atoms with van der Waals surface area (Å²) in [5, 5.41) is 7.04. The molecular formula is C21H26ClN5O. The van der Waals surface area contributed by atoms with Gasteiger partial charge in [-0.1, -0.05) is 30.2 Å². The average molecular weight is 400 g/mol. The van der Waals surface area contributed by atoms with E-state index in [0.717, 1.165) is 50.4 Å². The van der Waals surface area contributed by atoms with Gasteiger partial charge in [0.05, 0.1) is 10.7 Å². The number of carbonyl (C=O) groups is 1. The first-order chi connectivity index (χ1) is 13.7. The van der Waals surface area contributed by atoms with Crippen LogP contribution >= 0.6 is 11.6 Å². The second-order valence-corrected chi connectivity index (χ2v) is 7.68. The van der Waals surface area contributed by atoms with Crippen molar-refractivity contribution in [2.45, 2.75) is 26.2 Å². The smallest absolute Gasteiger partial charge is 0.270 e. The van der Waals surface area contributed by atoms with E-state index < -0.39 is 0 Å². The Morgan fingerprint density at radius 2 is 2.07 bits per heavy atom. The molecule has 3 heterocycles. The Bertz CT molecular complexity index is 940. The van der Waals surface area contributed by atoms with E-state index in [2.05, 4.69) is 32.7 Å². The third kappa shape index (κ3) is 3.93. The van der Waals surface area contributed by atoms with Gasteiger partial charge in [-0.25, -0.2) is 4.98 Å². The maximum Gasteiger partial charge on any atom is 0.270 e. The van der Waals surface area contributed by atoms with Crippen LogP contribution in [0.25, 0.3) is 5.65 Å². The van der Waals surface area contributed by atoms with Gasteiger partial charge >= 0.3 is 0 Å². The standard InChI is InChI=1S/C21H26ClN5O/c1-2-18-20(27-14-16(22)5-8-19(27)25-18)21(28)24-13-15-3-6-17(7-4-15)26-11-9-23-10-12-26/h3,5-6,8,14,23H,2,4,7,9-13H2,1H3,(H,24,28). The van der Waals surface area contributed by atoms with Crippen LogP contribution in [0.5, 0.6) is 0 Å². The molecule has 0 saturated carbocycles. The fraction of sp³-hybridized carbons (Fsp3) is 0.429. The maximum absolute atomic E-state index is 12.9. The molecule has 1 fully saturated rings. The molecule has 7 heteroatoms. The van der Waals surface area contributed by atoms with E-state index in [0.29, 0.717) is 23.7 Å². The topological polar surface area (TPSA) is 61.7 Å². The number of nitrogens with one attached hydrogen (secondary N) is 2. The Hall–Kier alpha value is -2.31. The molecule has 0 radical (unpaired) electrons. The Kier molecular flexibility index (Phi) is 5.69. The number of piperazine rings is 1. The third-order valence-corrected chi connectivity index (χ3v) is 5.64. The van der Waals surface area contributed by atoms with E-state index in [1.807, 2.05) is 13.0 Å². The minimum Gasteiger partial charge on any atom is -0.372 e. The van der Waals surface area contributed by atoms with Crippen LogP contribution in [0.4, 0.5) is 0 Å². The Labute approximate surface area is 170 Å². The van der Waals surface area contributed by atoms with Crippen molar-refractivity contribution in [3.05, 3.63) is 58.2 Å². The van der Waals surface area contributed by atoms with Crippen LogP contribution in [0, 0.1) is 0 Å². The summed E-state index contributed by atoms with van der Waals surface area (Å²) in [5.41, 5.74) is 4.76. The summed E-state index contributed by atoms with van der Waals surface area (Å²) in [7, 11) is 0. The highest BCUT2D eigenvalue weighted by Gasteiger charge is 2.20. The predicted molar refractivity (Wildman–Crippen MR) is 112 cm³/mol. The van der Waals surface area contributed by atoms with Gasteiger partial charge in [0.2, 0.25) is 0 Å². The molecule has 148 valence electrons. The molecule has 2 aliphatic rings. The van der Waals surface area contributed by atoms with Gasteiger partial charge in [0, 0.05) is 44.6 Å². The Balaban J connectivity index is 1.45. The molecule has 0 atom stereocenters. The summed E-state index contributed by atoms with van der Waals surface area (Å²) in [5.74, 6) is -0.107. The number of amides is 1. The number of hydrogen-bond acceptors (Lipinski definition) is 4. The monoisotopic (exact) mass is 399 g/mol. The fourth-order valence-corrected chi connectivity index (χ4v) is 4.02. The van der Waals surface area contributed by atoms with Gasteiger partial charge in [-0.05, 0) is 37.5 Å². The van der Waals surface area contributed by atoms with Gasteiger partial charge in [-0.15, -0.1) is 0 Å². The highest BCUT2D eigenvalue weighted by atomic mass is 35.5. The normalized spacial score (nSPS) is 17.4. The van der Waals surface area contributed by atoms with Crippen molar-refractivity contribution in [3.63, 3.8) is 0 Å². The fourth-order valence-electron chi connectivity index (χ4n) is 3.86. The molecule has 1 saturated heterocycles. The number of imidazole rings is 1. The van der Waals surface area contributed by atoms with Crippen molar-refractivity contribution >= 4 is 23.2 Å². The minimum atomic E-state index is -0.107. The Morgan fingerprint density at radius 1 is 1.25 bits per heavy atom. The molecule has 2 N–H and O–H groups in total. The summed E-state index contributed by atoms with van der Waals surface area (Å²) >= 11 is 6.12. The maximum atomic E-state index is 12.9. The van der Waals surface area contributed by atoms with Gasteiger partial charge in [-0.3, -0.25) is 9.20 Å². The predicted octanol–water partition coefficient (Wildman–Crippen LogP) is 2.79. The highest BCUT2D eigenvalue weighted by molar-refractivity contribution is 6.30. The number of allylic oxidation sites excluding steroid dienone is 3. The molecule has 1 amide bonds. The van der Waals surface area contributed by atoms with Crippen molar-refractivity contribution in [2.75, 3.05) is 32.7 Å². The van der Waals surface area contributed by atoms with E-state index in [9.17, 15) is 4.79 Å². The SMILES string of the molecule is CCc1nc2ccc(Cl)cn2c1C(=O)NCC1=CC=C(N2CCNCC2)CC1. The summed E-state index contributed by atoms with van der Waals surface area (Å²) in [6, 6.07) is 3.63. The van der Waals surface area contributed by atoms with E-state index in [4.69, 9.17) is 11.6 Å². The molecule has 2 aromatic rings. The van der Waals surface area contributed by atoms with Crippen LogP contribution in [0.15, 0.2) is 41.8 Å². The van der Waals surface area contributed by atoms with Crippen molar-refractivity contribution < 1.29 is 4.79 Å². The lowest BCUT2D eigenvalue weighted by atomic mass is 10.0. The number of hydrogen-bond donors (Lipinski definition) is 2. The van der Waals surface area contributed by atoms with Crippen molar-refractivity contribution in [1.82, 2.24) is 24.9 Å². The van der Waals surface area contributed by atoms with Crippen LogP contribution in [-0.2, 0) is 6.42 Å². The van der Waals surface area contributed by atoms with E-state index >= 15 is 0 Å². The van der Waals surface area contributed by atoms with Crippen LogP contribution < -0.4 is 10.6 Å². The van der Waals surface area contributed by atoms with E-state index in [1.165, 1.54) is 11.3 Å². The van der Waals surface area contributed by atoms with Crippen LogP contribution in [0.1, 0.15) is 35.9 Å². The zero-order valence-corrected chi connectivity index (χ0v) is 16.9. The number of pyridine rings is 1. The molecule has 4 rings (SSSR count). The number of halogens is 1. The molecule has 1 aliphatic heterocycles. The molecule has 6 nitrogen and oxygen atoms in total. The average Bonchev–Trinajstić information content (AvgIpc) is 3.11. The van der Waals surface area contributed by atoms with Crippen molar-refractivity contribution in [1.29, 1.82) is 0 Å². The van der Waals surface area contributed by atoms with Crippen molar-refractivity contribution in [2.24, 2.45) is 0 Å². The summed E-state index contributed by atoms with van der Waals surface area (Å²) in [4.78, 5) is 19.9. The largest absolute Gasteiger partial charge is 0.372 e. The number of rotatable bonds is 5. The molecule has 0 aromatic carbocycles. The first-order valence-electron chi connectivity index (χ1n) is 9.94. The summed E-state index contributed by atoms with van der Waals surface area (Å²) in [6.45, 7) is 6.80. The molecule has 0 unspecified atom stereocenters. The van der Waals surface area contributed by atoms with Gasteiger partial charge in [0.15, 0.2) is 0 Å². The molecule has 2 aromatic heterocycles. The zero-order chi connectivity index (χ0) is 19.5. The lowest BCUT2D eigenvalue weighted by molar-refractivity contribution is 0.0950. The highest BCUT2D eigenvalue weighted by Crippen LogP contribution is 2.22. The van der Waals surface area contributed by atoms with Gasteiger partial charge in [0.1, 0.15) is 11.3 Å². The number of fused-ring (bicyclic) bond motifs is 1. The minimum absolute atomic E-state index is 0.107. The second kappa shape index (κ2) is 8.37. The molecular weight excluding hydrogens is 374 g/mol. The van der Waals surface area contributed by atoms with Crippen molar-refractivity contribution in [3.8, 4) is 0 Å². The van der Waals surface area contributed by atoms with Crippen LogP contribution in [0.3, 0.4) is 0 Å². The quantitative estimate of drug-likeness (QED) is 0.811. The molecule has 28 heavy (non-hydrogen) atoms. The number of nitrogens with zero attached hydrogens (tertiary/aromatic N) is 3. The molecule has 0 bridgehead atoms. The zero-order valence-electron chi connectivity index (χ0n) is 16.2. The van der Waals surface area contributed by atoms with Gasteiger partial charge in [0.25, 0.3) is 5.91 Å². The lowest BCUT2D eigenvalue weighted by Gasteiger charge is -2.33. The van der Waals surface area contributed by atoms with E-state index in [-0.39, 0.29) is 5.91 Å². The summed E-state index contributed by atoms with van der Waals surface area (Å²) < 4.78 is 1.79. The first kappa shape index (κ1) is 19.0. The van der Waals surface area contributed by atoms with Crippen LogP contribution in [0.2, 0.25) is 5.02 Å². The third-order valence-electron chi connectivity index (χ3n) is 5.42. The molecule has 1 aliphatic carbocycles. The second-order valence-electron chi connectivity index (χ2n) is 7.24.